The average molecular weight is 486 g/mol. The SMILES string of the molecule is Cc1ccc(NC(=O)CN2C(=O)[C@@]3(SCC(=O)N3c3ccc(C)c(C)c3)c3ccccc32)c(C)c1. The lowest BCUT2D eigenvalue weighted by molar-refractivity contribution is -0.124. The largest absolute Gasteiger partial charge is 0.324 e. The summed E-state index contributed by atoms with van der Waals surface area (Å²) in [4.78, 5) is 42.2. The van der Waals surface area contributed by atoms with Gasteiger partial charge >= 0.3 is 0 Å². The molecule has 0 saturated carbocycles. The summed E-state index contributed by atoms with van der Waals surface area (Å²) in [7, 11) is 0. The van der Waals surface area contributed by atoms with Crippen LogP contribution in [0.4, 0.5) is 17.1 Å². The number of hydrogen-bond donors (Lipinski definition) is 1. The molecule has 35 heavy (non-hydrogen) atoms. The first kappa shape index (κ1) is 23.2. The quantitative estimate of drug-likeness (QED) is 0.574. The lowest BCUT2D eigenvalue weighted by Crippen LogP contribution is -2.51. The number of rotatable bonds is 4. The van der Waals surface area contributed by atoms with Crippen LogP contribution in [-0.4, -0.2) is 30.0 Å². The van der Waals surface area contributed by atoms with Crippen LogP contribution in [0.2, 0.25) is 0 Å². The zero-order valence-electron chi connectivity index (χ0n) is 20.2. The number of nitrogens with zero attached hydrogens (tertiary/aromatic N) is 2. The van der Waals surface area contributed by atoms with Gasteiger partial charge in [0.1, 0.15) is 6.54 Å². The number of fused-ring (bicyclic) bond motifs is 2. The molecular formula is C28H27N3O3S. The Morgan fingerprint density at radius 1 is 0.943 bits per heavy atom. The third-order valence-corrected chi connectivity index (χ3v) is 8.16. The first-order chi connectivity index (χ1) is 16.7. The Labute approximate surface area is 209 Å². The van der Waals surface area contributed by atoms with Gasteiger partial charge in [-0.3, -0.25) is 24.2 Å². The van der Waals surface area contributed by atoms with Gasteiger partial charge in [-0.1, -0.05) is 42.0 Å². The molecule has 6 nitrogen and oxygen atoms in total. The summed E-state index contributed by atoms with van der Waals surface area (Å²) in [5.74, 6) is -0.494. The molecule has 0 bridgehead atoms. The summed E-state index contributed by atoms with van der Waals surface area (Å²) >= 11 is 1.32. The van der Waals surface area contributed by atoms with E-state index in [1.165, 1.54) is 16.7 Å². The number of carbonyl (C=O) groups is 3. The smallest absolute Gasteiger partial charge is 0.269 e. The zero-order chi connectivity index (χ0) is 24.9. The van der Waals surface area contributed by atoms with Crippen LogP contribution in [0.15, 0.2) is 60.7 Å². The van der Waals surface area contributed by atoms with Crippen LogP contribution in [0.5, 0.6) is 0 Å². The normalized spacial score (nSPS) is 19.0. The summed E-state index contributed by atoms with van der Waals surface area (Å²) in [6.45, 7) is 7.81. The van der Waals surface area contributed by atoms with Crippen molar-refractivity contribution in [3.05, 3.63) is 88.5 Å². The summed E-state index contributed by atoms with van der Waals surface area (Å²) in [5, 5.41) is 2.94. The van der Waals surface area contributed by atoms with Crippen molar-refractivity contribution in [3.63, 3.8) is 0 Å². The monoisotopic (exact) mass is 485 g/mol. The van der Waals surface area contributed by atoms with Crippen molar-refractivity contribution in [2.45, 2.75) is 32.6 Å². The Hall–Kier alpha value is -3.58. The molecule has 2 aliphatic rings. The van der Waals surface area contributed by atoms with E-state index in [1.54, 1.807) is 4.90 Å². The molecule has 2 heterocycles. The van der Waals surface area contributed by atoms with Gasteiger partial charge in [-0.15, -0.1) is 11.8 Å². The number of thioether (sulfide) groups is 1. The molecule has 7 heteroatoms. The summed E-state index contributed by atoms with van der Waals surface area (Å²) < 4.78 is 0. The standard InChI is InChI=1S/C28H27N3O3S/c1-17-9-12-23(20(4)13-17)29-25(32)15-30-24-8-6-5-7-22(24)28(27(30)34)31(26(33)16-35-28)21-11-10-18(2)19(3)14-21/h5-14H,15-16H2,1-4H3,(H,29,32)/t28-/m0/s1. The van der Waals surface area contributed by atoms with Gasteiger partial charge in [0.15, 0.2) is 0 Å². The average Bonchev–Trinajstić information content (AvgIpc) is 3.29. The fraction of sp³-hybridized carbons (Fsp3) is 0.250. The Kier molecular flexibility index (Phi) is 5.68. The van der Waals surface area contributed by atoms with Gasteiger partial charge in [0, 0.05) is 16.9 Å². The van der Waals surface area contributed by atoms with Gasteiger partial charge in [0.05, 0.1) is 11.4 Å². The highest BCUT2D eigenvalue weighted by Crippen LogP contribution is 2.55. The molecule has 2 aliphatic heterocycles. The number of para-hydroxylation sites is 1. The van der Waals surface area contributed by atoms with Gasteiger partial charge in [0.2, 0.25) is 16.7 Å². The summed E-state index contributed by atoms with van der Waals surface area (Å²) in [6, 6.07) is 19.1. The van der Waals surface area contributed by atoms with E-state index < -0.39 is 4.87 Å². The lowest BCUT2D eigenvalue weighted by atomic mass is 10.0. The highest BCUT2D eigenvalue weighted by atomic mass is 32.2. The first-order valence-electron chi connectivity index (χ1n) is 11.5. The molecule has 0 radical (unpaired) electrons. The van der Waals surface area contributed by atoms with Gasteiger partial charge in [-0.25, -0.2) is 0 Å². The predicted octanol–water partition coefficient (Wildman–Crippen LogP) is 4.84. The van der Waals surface area contributed by atoms with E-state index in [-0.39, 0.29) is 30.0 Å². The van der Waals surface area contributed by atoms with Crippen molar-refractivity contribution in [2.24, 2.45) is 0 Å². The van der Waals surface area contributed by atoms with Crippen molar-refractivity contribution in [1.29, 1.82) is 0 Å². The molecule has 3 amide bonds. The van der Waals surface area contributed by atoms with Crippen molar-refractivity contribution in [2.75, 3.05) is 27.4 Å². The maximum Gasteiger partial charge on any atom is 0.269 e. The lowest BCUT2D eigenvalue weighted by Gasteiger charge is -2.33. The van der Waals surface area contributed by atoms with Gasteiger partial charge in [0.25, 0.3) is 5.91 Å². The second-order valence-electron chi connectivity index (χ2n) is 9.21. The van der Waals surface area contributed by atoms with Crippen LogP contribution in [0.3, 0.4) is 0 Å². The number of benzene rings is 3. The second-order valence-corrected chi connectivity index (χ2v) is 10.4. The summed E-state index contributed by atoms with van der Waals surface area (Å²) in [5.41, 5.74) is 7.03. The number of anilines is 3. The minimum atomic E-state index is -1.23. The summed E-state index contributed by atoms with van der Waals surface area (Å²) in [6.07, 6.45) is 0. The van der Waals surface area contributed by atoms with E-state index in [2.05, 4.69) is 5.32 Å². The van der Waals surface area contributed by atoms with Crippen LogP contribution < -0.4 is 15.1 Å². The van der Waals surface area contributed by atoms with Gasteiger partial charge < -0.3 is 5.32 Å². The molecule has 0 unspecified atom stereocenters. The topological polar surface area (TPSA) is 69.7 Å². The zero-order valence-corrected chi connectivity index (χ0v) is 21.0. The van der Waals surface area contributed by atoms with Crippen LogP contribution in [0.25, 0.3) is 0 Å². The Morgan fingerprint density at radius 3 is 2.46 bits per heavy atom. The van der Waals surface area contributed by atoms with Crippen molar-refractivity contribution in [1.82, 2.24) is 0 Å². The van der Waals surface area contributed by atoms with Crippen LogP contribution in [0, 0.1) is 27.7 Å². The highest BCUT2D eigenvalue weighted by Gasteiger charge is 2.61. The molecule has 3 aromatic carbocycles. The minimum absolute atomic E-state index is 0.122. The van der Waals surface area contributed by atoms with E-state index in [4.69, 9.17) is 0 Å². The van der Waals surface area contributed by atoms with E-state index in [0.29, 0.717) is 11.4 Å². The van der Waals surface area contributed by atoms with Crippen LogP contribution in [0.1, 0.15) is 27.8 Å². The molecule has 1 atom stereocenters. The van der Waals surface area contributed by atoms with E-state index >= 15 is 0 Å². The van der Waals surface area contributed by atoms with Crippen molar-refractivity contribution in [3.8, 4) is 0 Å². The van der Waals surface area contributed by atoms with Crippen LogP contribution >= 0.6 is 11.8 Å². The van der Waals surface area contributed by atoms with Crippen molar-refractivity contribution < 1.29 is 14.4 Å². The Morgan fingerprint density at radius 2 is 1.71 bits per heavy atom. The maximum atomic E-state index is 14.1. The molecule has 178 valence electrons. The van der Waals surface area contributed by atoms with Gasteiger partial charge in [-0.2, -0.15) is 0 Å². The van der Waals surface area contributed by atoms with Crippen molar-refractivity contribution >= 4 is 46.5 Å². The molecule has 3 aromatic rings. The predicted molar refractivity (Wildman–Crippen MR) is 141 cm³/mol. The molecule has 0 aromatic heterocycles. The van der Waals surface area contributed by atoms with E-state index in [1.807, 2.05) is 88.4 Å². The number of hydrogen-bond acceptors (Lipinski definition) is 4. The molecule has 0 aliphatic carbocycles. The minimum Gasteiger partial charge on any atom is -0.324 e. The molecule has 5 rings (SSSR count). The third kappa shape index (κ3) is 3.71. The molecular weight excluding hydrogens is 458 g/mol. The molecule has 1 saturated heterocycles. The molecule has 1 spiro atoms. The molecule has 1 fully saturated rings. The van der Waals surface area contributed by atoms with Gasteiger partial charge in [-0.05, 0) is 68.7 Å². The fourth-order valence-corrected chi connectivity index (χ4v) is 6.22. The van der Waals surface area contributed by atoms with E-state index in [0.717, 1.165) is 33.5 Å². The fourth-order valence-electron chi connectivity index (χ4n) is 4.86. The molecule has 1 N–H and O–H groups in total. The number of nitrogens with one attached hydrogen (secondary N) is 1. The number of aryl methyl sites for hydroxylation is 4. The third-order valence-electron chi connectivity index (χ3n) is 6.77. The van der Waals surface area contributed by atoms with E-state index in [9.17, 15) is 14.4 Å². The maximum absolute atomic E-state index is 14.1. The Bertz CT molecular complexity index is 1390. The van der Waals surface area contributed by atoms with Crippen LogP contribution in [-0.2, 0) is 19.3 Å². The second kappa shape index (κ2) is 8.57. The number of amides is 3. The number of carbonyl (C=O) groups excluding carboxylic acids is 3. The first-order valence-corrected chi connectivity index (χ1v) is 12.5. The highest BCUT2D eigenvalue weighted by molar-refractivity contribution is 8.02. The Balaban J connectivity index is 1.52.